The Morgan fingerprint density at radius 1 is 1.17 bits per heavy atom. The summed E-state index contributed by atoms with van der Waals surface area (Å²) < 4.78 is 13.4. The molecule has 0 radical (unpaired) electrons. The van der Waals surface area contributed by atoms with Crippen LogP contribution in [0.15, 0.2) is 42.5 Å². The van der Waals surface area contributed by atoms with Crippen molar-refractivity contribution in [3.05, 3.63) is 58.9 Å². The monoisotopic (exact) mass is 263 g/mol. The van der Waals surface area contributed by atoms with Crippen LogP contribution in [0.3, 0.4) is 0 Å². The number of rotatable bonds is 3. The third kappa shape index (κ3) is 3.08. The molecule has 2 rings (SSSR count). The first-order valence-corrected chi connectivity index (χ1v) is 5.76. The standard InChI is InChI=1S/C14H11ClFNO/c1-9(18)10-5-12(16)8-14(6-10)17-13-4-2-3-11(15)7-13/h2-8,17H,1H3. The maximum absolute atomic E-state index is 13.4. The first-order chi connectivity index (χ1) is 8.54. The summed E-state index contributed by atoms with van der Waals surface area (Å²) in [5, 5.41) is 3.59. The van der Waals surface area contributed by atoms with E-state index in [2.05, 4.69) is 5.32 Å². The molecule has 18 heavy (non-hydrogen) atoms. The molecule has 0 saturated carbocycles. The molecule has 0 amide bonds. The molecule has 1 N–H and O–H groups in total. The van der Waals surface area contributed by atoms with Crippen LogP contribution in [-0.2, 0) is 0 Å². The zero-order chi connectivity index (χ0) is 13.1. The van der Waals surface area contributed by atoms with E-state index in [1.54, 1.807) is 24.3 Å². The van der Waals surface area contributed by atoms with Crippen LogP contribution >= 0.6 is 11.6 Å². The second-order valence-electron chi connectivity index (χ2n) is 3.92. The van der Waals surface area contributed by atoms with Crippen LogP contribution in [0.4, 0.5) is 15.8 Å². The molecule has 92 valence electrons. The minimum atomic E-state index is -0.452. The fourth-order valence-electron chi connectivity index (χ4n) is 1.60. The number of hydrogen-bond donors (Lipinski definition) is 1. The SMILES string of the molecule is CC(=O)c1cc(F)cc(Nc2cccc(Cl)c2)c1. The van der Waals surface area contributed by atoms with E-state index < -0.39 is 5.82 Å². The van der Waals surface area contributed by atoms with Crippen LogP contribution in [-0.4, -0.2) is 5.78 Å². The molecule has 0 atom stereocenters. The van der Waals surface area contributed by atoms with Gasteiger partial charge in [0, 0.05) is 22.0 Å². The summed E-state index contributed by atoms with van der Waals surface area (Å²) in [5.74, 6) is -0.629. The molecule has 2 aromatic carbocycles. The summed E-state index contributed by atoms with van der Waals surface area (Å²) in [6.07, 6.45) is 0. The van der Waals surface area contributed by atoms with E-state index in [0.29, 0.717) is 16.3 Å². The zero-order valence-electron chi connectivity index (χ0n) is 9.71. The van der Waals surface area contributed by atoms with Crippen LogP contribution in [0, 0.1) is 5.82 Å². The van der Waals surface area contributed by atoms with Gasteiger partial charge in [-0.25, -0.2) is 4.39 Å². The highest BCUT2D eigenvalue weighted by atomic mass is 35.5. The highest BCUT2D eigenvalue weighted by molar-refractivity contribution is 6.30. The first kappa shape index (κ1) is 12.6. The van der Waals surface area contributed by atoms with Crippen molar-refractivity contribution in [2.24, 2.45) is 0 Å². The summed E-state index contributed by atoms with van der Waals surface area (Å²) in [5.41, 5.74) is 1.59. The van der Waals surface area contributed by atoms with Gasteiger partial charge < -0.3 is 5.32 Å². The molecule has 0 aliphatic carbocycles. The van der Waals surface area contributed by atoms with Gasteiger partial charge in [-0.2, -0.15) is 0 Å². The molecule has 0 spiro atoms. The van der Waals surface area contributed by atoms with Crippen LogP contribution in [0.25, 0.3) is 0 Å². The predicted octanol–water partition coefficient (Wildman–Crippen LogP) is 4.43. The fourth-order valence-corrected chi connectivity index (χ4v) is 1.79. The average Bonchev–Trinajstić information content (AvgIpc) is 2.28. The number of hydrogen-bond acceptors (Lipinski definition) is 2. The molecule has 0 aliphatic rings. The molecule has 2 aromatic rings. The third-order valence-electron chi connectivity index (χ3n) is 2.42. The van der Waals surface area contributed by atoms with E-state index in [0.717, 1.165) is 5.69 Å². The van der Waals surface area contributed by atoms with Gasteiger partial charge in [-0.15, -0.1) is 0 Å². The summed E-state index contributed by atoms with van der Waals surface area (Å²) >= 11 is 5.86. The van der Waals surface area contributed by atoms with Crippen molar-refractivity contribution in [1.82, 2.24) is 0 Å². The molecule has 0 fully saturated rings. The van der Waals surface area contributed by atoms with Crippen molar-refractivity contribution >= 4 is 28.8 Å². The number of halogens is 2. The molecular weight excluding hydrogens is 253 g/mol. The summed E-state index contributed by atoms with van der Waals surface area (Å²) in [6, 6.07) is 11.2. The minimum Gasteiger partial charge on any atom is -0.355 e. The normalized spacial score (nSPS) is 10.2. The highest BCUT2D eigenvalue weighted by Crippen LogP contribution is 2.22. The smallest absolute Gasteiger partial charge is 0.159 e. The fraction of sp³-hybridized carbons (Fsp3) is 0.0714. The largest absolute Gasteiger partial charge is 0.355 e. The molecule has 0 aromatic heterocycles. The molecular formula is C14H11ClFNO. The van der Waals surface area contributed by atoms with Crippen molar-refractivity contribution in [2.45, 2.75) is 6.92 Å². The van der Waals surface area contributed by atoms with Gasteiger partial charge in [0.2, 0.25) is 0 Å². The topological polar surface area (TPSA) is 29.1 Å². The minimum absolute atomic E-state index is 0.177. The van der Waals surface area contributed by atoms with Gasteiger partial charge in [0.05, 0.1) is 0 Å². The Morgan fingerprint density at radius 3 is 2.61 bits per heavy atom. The van der Waals surface area contributed by atoms with Crippen molar-refractivity contribution in [2.75, 3.05) is 5.32 Å². The van der Waals surface area contributed by atoms with Crippen LogP contribution in [0.5, 0.6) is 0 Å². The number of carbonyl (C=O) groups excluding carboxylic acids is 1. The quantitative estimate of drug-likeness (QED) is 0.830. The van der Waals surface area contributed by atoms with Gasteiger partial charge in [0.15, 0.2) is 5.78 Å². The maximum atomic E-state index is 13.4. The van der Waals surface area contributed by atoms with Gasteiger partial charge in [-0.3, -0.25) is 4.79 Å². The molecule has 0 unspecified atom stereocenters. The van der Waals surface area contributed by atoms with Crippen LogP contribution < -0.4 is 5.32 Å². The number of carbonyl (C=O) groups is 1. The molecule has 2 nitrogen and oxygen atoms in total. The van der Waals surface area contributed by atoms with Crippen molar-refractivity contribution in [1.29, 1.82) is 0 Å². The number of Topliss-reactive ketones (excluding diaryl/α,β-unsaturated/α-hetero) is 1. The van der Waals surface area contributed by atoms with Crippen molar-refractivity contribution < 1.29 is 9.18 Å². The molecule has 0 aliphatic heterocycles. The maximum Gasteiger partial charge on any atom is 0.159 e. The Hall–Kier alpha value is -1.87. The molecule has 4 heteroatoms. The Bertz CT molecular complexity index is 598. The third-order valence-corrected chi connectivity index (χ3v) is 2.65. The Morgan fingerprint density at radius 2 is 1.94 bits per heavy atom. The summed E-state index contributed by atoms with van der Waals surface area (Å²) in [4.78, 5) is 11.2. The van der Waals surface area contributed by atoms with E-state index in [9.17, 15) is 9.18 Å². The van der Waals surface area contributed by atoms with Gasteiger partial charge in [0.1, 0.15) is 5.82 Å². The number of nitrogens with one attached hydrogen (secondary N) is 1. The summed E-state index contributed by atoms with van der Waals surface area (Å²) in [6.45, 7) is 1.40. The molecule has 0 saturated heterocycles. The second-order valence-corrected chi connectivity index (χ2v) is 4.36. The van der Waals surface area contributed by atoms with E-state index >= 15 is 0 Å². The van der Waals surface area contributed by atoms with E-state index in [-0.39, 0.29) is 5.78 Å². The predicted molar refractivity (Wildman–Crippen MR) is 71.1 cm³/mol. The van der Waals surface area contributed by atoms with Gasteiger partial charge >= 0.3 is 0 Å². The van der Waals surface area contributed by atoms with Gasteiger partial charge in [-0.05, 0) is 43.3 Å². The van der Waals surface area contributed by atoms with Crippen LogP contribution in [0.2, 0.25) is 5.02 Å². The van der Waals surface area contributed by atoms with Crippen molar-refractivity contribution in [3.8, 4) is 0 Å². The van der Waals surface area contributed by atoms with Gasteiger partial charge in [-0.1, -0.05) is 17.7 Å². The van der Waals surface area contributed by atoms with Crippen LogP contribution in [0.1, 0.15) is 17.3 Å². The molecule has 0 heterocycles. The second kappa shape index (κ2) is 5.19. The highest BCUT2D eigenvalue weighted by Gasteiger charge is 2.05. The lowest BCUT2D eigenvalue weighted by Gasteiger charge is -2.08. The lowest BCUT2D eigenvalue weighted by Crippen LogP contribution is -1.97. The lowest BCUT2D eigenvalue weighted by atomic mass is 10.1. The van der Waals surface area contributed by atoms with E-state index in [1.807, 2.05) is 6.07 Å². The molecule has 0 bridgehead atoms. The summed E-state index contributed by atoms with van der Waals surface area (Å²) in [7, 11) is 0. The Labute approximate surface area is 109 Å². The lowest BCUT2D eigenvalue weighted by molar-refractivity contribution is 0.101. The Balaban J connectivity index is 2.31. The van der Waals surface area contributed by atoms with Crippen molar-refractivity contribution in [3.63, 3.8) is 0 Å². The Kier molecular flexibility index (Phi) is 3.63. The number of anilines is 2. The number of benzene rings is 2. The van der Waals surface area contributed by atoms with E-state index in [4.69, 9.17) is 11.6 Å². The van der Waals surface area contributed by atoms with Gasteiger partial charge in [0.25, 0.3) is 0 Å². The number of ketones is 1. The van der Waals surface area contributed by atoms with E-state index in [1.165, 1.54) is 19.1 Å². The first-order valence-electron chi connectivity index (χ1n) is 5.39. The average molecular weight is 264 g/mol. The zero-order valence-corrected chi connectivity index (χ0v) is 10.5.